The zero-order chi connectivity index (χ0) is 12.1. The van der Waals surface area contributed by atoms with E-state index in [1.807, 2.05) is 23.9 Å². The van der Waals surface area contributed by atoms with Crippen molar-refractivity contribution in [2.24, 2.45) is 5.92 Å². The Morgan fingerprint density at radius 1 is 1.59 bits per heavy atom. The van der Waals surface area contributed by atoms with Gasteiger partial charge in [-0.25, -0.2) is 0 Å². The molecule has 1 aromatic rings. The lowest BCUT2D eigenvalue weighted by Crippen LogP contribution is -2.13. The van der Waals surface area contributed by atoms with Gasteiger partial charge >= 0.3 is 0 Å². The number of hydrogen-bond donors (Lipinski definition) is 1. The van der Waals surface area contributed by atoms with E-state index in [0.717, 1.165) is 23.9 Å². The summed E-state index contributed by atoms with van der Waals surface area (Å²) in [7, 11) is 1.63. The molecule has 0 aromatic heterocycles. The van der Waals surface area contributed by atoms with Crippen LogP contribution in [-0.4, -0.2) is 25.2 Å². The van der Waals surface area contributed by atoms with E-state index in [0.29, 0.717) is 5.56 Å². The average Bonchev–Trinajstić information content (AvgIpc) is 2.89. The molecule has 1 atom stereocenters. The second-order valence-corrected chi connectivity index (χ2v) is 5.29. The molecule has 0 bridgehead atoms. The number of nitrogens with one attached hydrogen (secondary N) is 1. The number of methoxy groups -OCH3 is 1. The van der Waals surface area contributed by atoms with Crippen LogP contribution >= 0.6 is 11.8 Å². The molecule has 1 aromatic carbocycles. The van der Waals surface area contributed by atoms with Gasteiger partial charge < -0.3 is 10.1 Å². The Balaban J connectivity index is 2.01. The number of thioether (sulfide) groups is 1. The van der Waals surface area contributed by atoms with Gasteiger partial charge in [0.2, 0.25) is 0 Å². The number of nitriles is 1. The van der Waals surface area contributed by atoms with Crippen molar-refractivity contribution in [3.05, 3.63) is 23.8 Å². The molecule has 3 nitrogen and oxygen atoms in total. The van der Waals surface area contributed by atoms with Crippen molar-refractivity contribution in [2.45, 2.75) is 6.42 Å². The highest BCUT2D eigenvalue weighted by molar-refractivity contribution is 7.99. The van der Waals surface area contributed by atoms with Crippen LogP contribution in [0.4, 0.5) is 5.69 Å². The lowest BCUT2D eigenvalue weighted by molar-refractivity contribution is 0.416. The Morgan fingerprint density at radius 3 is 3.12 bits per heavy atom. The number of benzene rings is 1. The molecule has 4 heteroatoms. The van der Waals surface area contributed by atoms with Crippen LogP contribution in [0.5, 0.6) is 5.75 Å². The predicted octanol–water partition coefficient (Wildman–Crippen LogP) is 2.73. The van der Waals surface area contributed by atoms with Gasteiger partial charge in [-0.3, -0.25) is 0 Å². The van der Waals surface area contributed by atoms with E-state index in [1.54, 1.807) is 13.2 Å². The minimum absolute atomic E-state index is 0.629. The fraction of sp³-hybridized carbons (Fsp3) is 0.462. The van der Waals surface area contributed by atoms with Crippen molar-refractivity contribution in [2.75, 3.05) is 30.5 Å². The van der Waals surface area contributed by atoms with Crippen LogP contribution in [0.15, 0.2) is 18.2 Å². The summed E-state index contributed by atoms with van der Waals surface area (Å²) in [5.41, 5.74) is 1.60. The van der Waals surface area contributed by atoms with Gasteiger partial charge in [0.25, 0.3) is 0 Å². The summed E-state index contributed by atoms with van der Waals surface area (Å²) in [6, 6.07) is 7.61. The van der Waals surface area contributed by atoms with Gasteiger partial charge in [-0.15, -0.1) is 0 Å². The zero-order valence-electron chi connectivity index (χ0n) is 9.90. The maximum atomic E-state index is 8.82. The molecule has 1 aliphatic rings. The van der Waals surface area contributed by atoms with E-state index in [-0.39, 0.29) is 0 Å². The molecule has 17 heavy (non-hydrogen) atoms. The molecule has 2 rings (SSSR count). The van der Waals surface area contributed by atoms with E-state index in [2.05, 4.69) is 11.4 Å². The van der Waals surface area contributed by atoms with Gasteiger partial charge in [-0.1, -0.05) is 0 Å². The highest BCUT2D eigenvalue weighted by Gasteiger charge is 2.15. The second kappa shape index (κ2) is 5.83. The smallest absolute Gasteiger partial charge is 0.143 e. The Morgan fingerprint density at radius 2 is 2.47 bits per heavy atom. The Bertz CT molecular complexity index is 422. The molecule has 0 radical (unpaired) electrons. The number of anilines is 1. The zero-order valence-corrected chi connectivity index (χ0v) is 10.7. The average molecular weight is 248 g/mol. The van der Waals surface area contributed by atoms with Crippen molar-refractivity contribution < 1.29 is 4.74 Å². The molecule has 1 unspecified atom stereocenters. The Kier molecular flexibility index (Phi) is 4.16. The van der Waals surface area contributed by atoms with E-state index in [4.69, 9.17) is 10.00 Å². The summed E-state index contributed by atoms with van der Waals surface area (Å²) in [6.45, 7) is 0.981. The first-order valence-electron chi connectivity index (χ1n) is 5.73. The van der Waals surface area contributed by atoms with Crippen LogP contribution in [0.2, 0.25) is 0 Å². The Labute approximate surface area is 106 Å². The predicted molar refractivity (Wildman–Crippen MR) is 71.6 cm³/mol. The highest BCUT2D eigenvalue weighted by Crippen LogP contribution is 2.28. The highest BCUT2D eigenvalue weighted by atomic mass is 32.2. The SMILES string of the molecule is COc1cc(C#N)ccc1NCC1CCSC1. The molecule has 1 fully saturated rings. The maximum absolute atomic E-state index is 8.82. The molecular weight excluding hydrogens is 232 g/mol. The standard InChI is InChI=1S/C13H16N2OS/c1-16-13-6-10(7-14)2-3-12(13)15-8-11-4-5-17-9-11/h2-3,6,11,15H,4-5,8-9H2,1H3. The largest absolute Gasteiger partial charge is 0.495 e. The molecule has 1 saturated heterocycles. The topological polar surface area (TPSA) is 45.0 Å². The minimum Gasteiger partial charge on any atom is -0.495 e. The molecule has 1 aliphatic heterocycles. The van der Waals surface area contributed by atoms with E-state index >= 15 is 0 Å². The number of rotatable bonds is 4. The molecular formula is C13H16N2OS. The maximum Gasteiger partial charge on any atom is 0.143 e. The second-order valence-electron chi connectivity index (χ2n) is 4.14. The van der Waals surface area contributed by atoms with Crippen molar-refractivity contribution in [3.8, 4) is 11.8 Å². The van der Waals surface area contributed by atoms with E-state index in [9.17, 15) is 0 Å². The molecule has 1 N–H and O–H groups in total. The summed E-state index contributed by atoms with van der Waals surface area (Å²) in [5, 5.41) is 12.2. The summed E-state index contributed by atoms with van der Waals surface area (Å²) in [5.74, 6) is 4.01. The quantitative estimate of drug-likeness (QED) is 0.890. The fourth-order valence-electron chi connectivity index (χ4n) is 1.91. The monoisotopic (exact) mass is 248 g/mol. The number of hydrogen-bond acceptors (Lipinski definition) is 4. The van der Waals surface area contributed by atoms with Crippen molar-refractivity contribution in [1.82, 2.24) is 0 Å². The third kappa shape index (κ3) is 3.07. The van der Waals surface area contributed by atoms with Crippen molar-refractivity contribution in [1.29, 1.82) is 5.26 Å². The summed E-state index contributed by atoms with van der Waals surface area (Å²) in [4.78, 5) is 0. The minimum atomic E-state index is 0.629. The van der Waals surface area contributed by atoms with Crippen LogP contribution in [-0.2, 0) is 0 Å². The number of nitrogens with zero attached hydrogens (tertiary/aromatic N) is 1. The first-order valence-corrected chi connectivity index (χ1v) is 6.88. The van der Waals surface area contributed by atoms with Gasteiger partial charge in [0, 0.05) is 12.6 Å². The van der Waals surface area contributed by atoms with E-state index < -0.39 is 0 Å². The van der Waals surface area contributed by atoms with Crippen LogP contribution in [0.1, 0.15) is 12.0 Å². The van der Waals surface area contributed by atoms with Crippen LogP contribution < -0.4 is 10.1 Å². The van der Waals surface area contributed by atoms with Gasteiger partial charge in [0.1, 0.15) is 5.75 Å². The van der Waals surface area contributed by atoms with Crippen molar-refractivity contribution in [3.63, 3.8) is 0 Å². The van der Waals surface area contributed by atoms with Gasteiger partial charge in [0.15, 0.2) is 0 Å². The van der Waals surface area contributed by atoms with Gasteiger partial charge in [0.05, 0.1) is 24.4 Å². The molecule has 0 amide bonds. The van der Waals surface area contributed by atoms with Gasteiger partial charge in [-0.05, 0) is 36.0 Å². The first-order chi connectivity index (χ1) is 8.33. The molecule has 0 saturated carbocycles. The lowest BCUT2D eigenvalue weighted by Gasteiger charge is -2.14. The third-order valence-corrected chi connectivity index (χ3v) is 4.17. The molecule has 1 heterocycles. The third-order valence-electron chi connectivity index (χ3n) is 2.94. The van der Waals surface area contributed by atoms with E-state index in [1.165, 1.54) is 17.9 Å². The first kappa shape index (κ1) is 12.1. The molecule has 0 spiro atoms. The van der Waals surface area contributed by atoms with Crippen LogP contribution in [0, 0.1) is 17.2 Å². The Hall–Kier alpha value is -1.34. The summed E-state index contributed by atoms with van der Waals surface area (Å²) >= 11 is 2.02. The normalized spacial score (nSPS) is 18.7. The molecule has 90 valence electrons. The summed E-state index contributed by atoms with van der Waals surface area (Å²) in [6.07, 6.45) is 1.29. The van der Waals surface area contributed by atoms with Crippen LogP contribution in [0.3, 0.4) is 0 Å². The summed E-state index contributed by atoms with van der Waals surface area (Å²) < 4.78 is 5.28. The molecule has 0 aliphatic carbocycles. The fourth-order valence-corrected chi connectivity index (χ4v) is 3.19. The van der Waals surface area contributed by atoms with Crippen LogP contribution in [0.25, 0.3) is 0 Å². The van der Waals surface area contributed by atoms with Crippen molar-refractivity contribution >= 4 is 17.4 Å². The van der Waals surface area contributed by atoms with Gasteiger partial charge in [-0.2, -0.15) is 17.0 Å². The number of ether oxygens (including phenoxy) is 1. The lowest BCUT2D eigenvalue weighted by atomic mass is 10.1.